The van der Waals surface area contributed by atoms with Crippen molar-refractivity contribution in [1.82, 2.24) is 15.5 Å². The van der Waals surface area contributed by atoms with Gasteiger partial charge in [0.25, 0.3) is 5.22 Å². The highest BCUT2D eigenvalue weighted by molar-refractivity contribution is 7.99. The van der Waals surface area contributed by atoms with Crippen LogP contribution in [0.2, 0.25) is 0 Å². The molecule has 1 amide bonds. The van der Waals surface area contributed by atoms with Crippen LogP contribution in [0.4, 0.5) is 0 Å². The van der Waals surface area contributed by atoms with Crippen LogP contribution in [0.1, 0.15) is 18.4 Å². The van der Waals surface area contributed by atoms with Gasteiger partial charge in [-0.15, -0.1) is 10.2 Å². The molecule has 1 aliphatic rings. The van der Waals surface area contributed by atoms with Crippen LogP contribution in [-0.4, -0.2) is 41.1 Å². The third-order valence-corrected chi connectivity index (χ3v) is 4.40. The Morgan fingerprint density at radius 1 is 1.35 bits per heavy atom. The highest BCUT2D eigenvalue weighted by atomic mass is 32.2. The number of carbonyl (C=O) groups is 1. The first-order valence-corrected chi connectivity index (χ1v) is 8.61. The average Bonchev–Trinajstić information content (AvgIpc) is 3.23. The number of nitrogens with one attached hydrogen (secondary N) is 1. The van der Waals surface area contributed by atoms with E-state index in [-0.39, 0.29) is 17.8 Å². The first-order chi connectivity index (χ1) is 11.2. The molecule has 2 heterocycles. The van der Waals surface area contributed by atoms with E-state index in [1.54, 1.807) is 0 Å². The summed E-state index contributed by atoms with van der Waals surface area (Å²) >= 11 is 1.24. The van der Waals surface area contributed by atoms with Gasteiger partial charge in [0.1, 0.15) is 0 Å². The molecule has 1 atom stereocenters. The van der Waals surface area contributed by atoms with Crippen molar-refractivity contribution in [3.05, 3.63) is 29.8 Å². The molecule has 0 unspecified atom stereocenters. The van der Waals surface area contributed by atoms with Crippen LogP contribution >= 0.6 is 11.8 Å². The molecule has 6 nitrogen and oxygen atoms in total. The molecule has 1 saturated heterocycles. The van der Waals surface area contributed by atoms with Crippen molar-refractivity contribution < 1.29 is 13.9 Å². The Morgan fingerprint density at radius 3 is 2.91 bits per heavy atom. The van der Waals surface area contributed by atoms with Crippen LogP contribution in [0.15, 0.2) is 33.9 Å². The zero-order chi connectivity index (χ0) is 16.1. The number of hydrogen-bond donors (Lipinski definition) is 1. The summed E-state index contributed by atoms with van der Waals surface area (Å²) in [5.74, 6) is 0.662. The molecule has 1 aliphatic heterocycles. The number of carbonyl (C=O) groups excluding carboxylic acids is 1. The first-order valence-electron chi connectivity index (χ1n) is 7.62. The van der Waals surface area contributed by atoms with Gasteiger partial charge in [0.15, 0.2) is 0 Å². The van der Waals surface area contributed by atoms with E-state index >= 15 is 0 Å². The standard InChI is InChI=1S/C16H19N3O3S/c1-11-4-6-12(7-5-11)15-18-19-16(22-15)23-10-14(20)17-9-13-3-2-8-21-13/h4-7,13H,2-3,8-10H2,1H3,(H,17,20)/t13-/m1/s1. The Bertz CT molecular complexity index is 651. The second kappa shape index (κ2) is 7.61. The van der Waals surface area contributed by atoms with Crippen LogP contribution in [0.3, 0.4) is 0 Å². The van der Waals surface area contributed by atoms with E-state index in [0.29, 0.717) is 17.7 Å². The minimum atomic E-state index is -0.0550. The van der Waals surface area contributed by atoms with Gasteiger partial charge in [0.2, 0.25) is 11.8 Å². The van der Waals surface area contributed by atoms with Gasteiger partial charge in [-0.25, -0.2) is 0 Å². The molecule has 122 valence electrons. The predicted octanol–water partition coefficient (Wildman–Crippen LogP) is 2.43. The topological polar surface area (TPSA) is 77.2 Å². The summed E-state index contributed by atoms with van der Waals surface area (Å²) in [5.41, 5.74) is 2.04. The van der Waals surface area contributed by atoms with Gasteiger partial charge in [0.05, 0.1) is 11.9 Å². The largest absolute Gasteiger partial charge is 0.411 e. The molecule has 23 heavy (non-hydrogen) atoms. The Balaban J connectivity index is 1.47. The summed E-state index contributed by atoms with van der Waals surface area (Å²) in [5, 5.41) is 11.2. The lowest BCUT2D eigenvalue weighted by Gasteiger charge is -2.09. The number of amides is 1. The molecule has 0 radical (unpaired) electrons. The van der Waals surface area contributed by atoms with Gasteiger partial charge in [-0.05, 0) is 31.9 Å². The Kier molecular flexibility index (Phi) is 5.30. The summed E-state index contributed by atoms with van der Waals surface area (Å²) in [6, 6.07) is 7.85. The summed E-state index contributed by atoms with van der Waals surface area (Å²) < 4.78 is 11.0. The van der Waals surface area contributed by atoms with E-state index in [4.69, 9.17) is 9.15 Å². The van der Waals surface area contributed by atoms with Gasteiger partial charge in [-0.2, -0.15) is 0 Å². The summed E-state index contributed by atoms with van der Waals surface area (Å²) in [4.78, 5) is 11.8. The van der Waals surface area contributed by atoms with Gasteiger partial charge in [0, 0.05) is 18.7 Å². The van der Waals surface area contributed by atoms with E-state index in [1.807, 2.05) is 31.2 Å². The fraction of sp³-hybridized carbons (Fsp3) is 0.438. The lowest BCUT2D eigenvalue weighted by Crippen LogP contribution is -2.32. The zero-order valence-electron chi connectivity index (χ0n) is 12.9. The highest BCUT2D eigenvalue weighted by Crippen LogP contribution is 2.23. The van der Waals surface area contributed by atoms with Gasteiger partial charge in [-0.1, -0.05) is 29.5 Å². The molecule has 0 saturated carbocycles. The molecule has 1 N–H and O–H groups in total. The smallest absolute Gasteiger partial charge is 0.277 e. The van der Waals surface area contributed by atoms with E-state index in [0.717, 1.165) is 25.0 Å². The number of ether oxygens (including phenoxy) is 1. The average molecular weight is 333 g/mol. The molecule has 1 fully saturated rings. The molecule has 1 aromatic heterocycles. The molecule has 0 aliphatic carbocycles. The van der Waals surface area contributed by atoms with E-state index < -0.39 is 0 Å². The molecular weight excluding hydrogens is 314 g/mol. The van der Waals surface area contributed by atoms with Gasteiger partial charge >= 0.3 is 0 Å². The number of nitrogens with zero attached hydrogens (tertiary/aromatic N) is 2. The van der Waals surface area contributed by atoms with E-state index in [2.05, 4.69) is 15.5 Å². The van der Waals surface area contributed by atoms with Crippen molar-refractivity contribution in [3.63, 3.8) is 0 Å². The van der Waals surface area contributed by atoms with Crippen LogP contribution in [-0.2, 0) is 9.53 Å². The summed E-state index contributed by atoms with van der Waals surface area (Å²) in [6.07, 6.45) is 2.23. The van der Waals surface area contributed by atoms with Gasteiger partial charge < -0.3 is 14.5 Å². The minimum absolute atomic E-state index is 0.0550. The number of thioether (sulfide) groups is 1. The van der Waals surface area contributed by atoms with Crippen molar-refractivity contribution in [3.8, 4) is 11.5 Å². The lowest BCUT2D eigenvalue weighted by molar-refractivity contribution is -0.119. The number of hydrogen-bond acceptors (Lipinski definition) is 6. The number of rotatable bonds is 6. The molecule has 0 bridgehead atoms. The fourth-order valence-corrected chi connectivity index (χ4v) is 2.89. The van der Waals surface area contributed by atoms with Crippen molar-refractivity contribution >= 4 is 17.7 Å². The molecule has 7 heteroatoms. The number of aryl methyl sites for hydroxylation is 1. The van der Waals surface area contributed by atoms with Crippen LogP contribution in [0.25, 0.3) is 11.5 Å². The third kappa shape index (κ3) is 4.56. The molecule has 2 aromatic rings. The fourth-order valence-electron chi connectivity index (χ4n) is 2.29. The van der Waals surface area contributed by atoms with Crippen LogP contribution in [0, 0.1) is 6.92 Å². The summed E-state index contributed by atoms with van der Waals surface area (Å²) in [6.45, 7) is 3.38. The van der Waals surface area contributed by atoms with Crippen molar-refractivity contribution in [2.24, 2.45) is 0 Å². The van der Waals surface area contributed by atoms with Crippen LogP contribution in [0.5, 0.6) is 0 Å². The van der Waals surface area contributed by atoms with Crippen molar-refractivity contribution in [2.75, 3.05) is 18.9 Å². The van der Waals surface area contributed by atoms with E-state index in [9.17, 15) is 4.79 Å². The maximum absolute atomic E-state index is 11.8. The summed E-state index contributed by atoms with van der Waals surface area (Å²) in [7, 11) is 0. The Morgan fingerprint density at radius 2 is 2.17 bits per heavy atom. The van der Waals surface area contributed by atoms with Crippen molar-refractivity contribution in [2.45, 2.75) is 31.1 Å². The normalized spacial score (nSPS) is 17.3. The molecule has 1 aromatic carbocycles. The molecule has 0 spiro atoms. The van der Waals surface area contributed by atoms with E-state index in [1.165, 1.54) is 17.3 Å². The third-order valence-electron chi connectivity index (χ3n) is 3.58. The SMILES string of the molecule is Cc1ccc(-c2nnc(SCC(=O)NC[C@H]3CCCO3)o2)cc1. The monoisotopic (exact) mass is 333 g/mol. The van der Waals surface area contributed by atoms with Crippen LogP contribution < -0.4 is 5.32 Å². The number of aromatic nitrogens is 2. The molecule has 3 rings (SSSR count). The quantitative estimate of drug-likeness (QED) is 0.818. The van der Waals surface area contributed by atoms with Crippen molar-refractivity contribution in [1.29, 1.82) is 0 Å². The first kappa shape index (κ1) is 16.0. The zero-order valence-corrected chi connectivity index (χ0v) is 13.8. The Hall–Kier alpha value is -1.86. The highest BCUT2D eigenvalue weighted by Gasteiger charge is 2.16. The number of benzene rings is 1. The second-order valence-electron chi connectivity index (χ2n) is 5.47. The maximum atomic E-state index is 11.8. The second-order valence-corrected chi connectivity index (χ2v) is 6.39. The Labute approximate surface area is 139 Å². The maximum Gasteiger partial charge on any atom is 0.277 e. The van der Waals surface area contributed by atoms with Gasteiger partial charge in [-0.3, -0.25) is 4.79 Å². The molecular formula is C16H19N3O3S. The lowest BCUT2D eigenvalue weighted by atomic mass is 10.1. The predicted molar refractivity (Wildman–Crippen MR) is 87.2 cm³/mol. The minimum Gasteiger partial charge on any atom is -0.411 e.